The molecule has 162 valence electrons. The number of nitro groups is 1. The van der Waals surface area contributed by atoms with E-state index in [4.69, 9.17) is 5.73 Å². The third-order valence-corrected chi connectivity index (χ3v) is 6.25. The predicted molar refractivity (Wildman–Crippen MR) is 118 cm³/mol. The molecule has 3 rings (SSSR count). The topological polar surface area (TPSA) is 181 Å². The van der Waals surface area contributed by atoms with Crippen LogP contribution in [0.2, 0.25) is 0 Å². The van der Waals surface area contributed by atoms with Crippen LogP contribution in [0, 0.1) is 21.4 Å². The van der Waals surface area contributed by atoms with Crippen molar-refractivity contribution in [1.29, 1.82) is 5.26 Å². The second-order valence-corrected chi connectivity index (χ2v) is 8.69. The fraction of sp³-hybridized carbons (Fsp3) is 0. The molecule has 0 saturated carbocycles. The molecule has 0 saturated heterocycles. The van der Waals surface area contributed by atoms with Crippen LogP contribution in [0.5, 0.6) is 0 Å². The van der Waals surface area contributed by atoms with Crippen LogP contribution in [0.15, 0.2) is 65.0 Å². The first-order valence-electron chi connectivity index (χ1n) is 8.69. The SMILES string of the molecule is N#CC(=CNc1ccc(S(=O)(=O)NC(N)=O)cc1)c1nc(-c2ccc([N+](=O)[O-])cc2)cs1. The number of nitrogens with two attached hydrogens (primary N) is 1. The third kappa shape index (κ3) is 5.25. The van der Waals surface area contributed by atoms with Gasteiger partial charge in [-0.25, -0.2) is 22.9 Å². The van der Waals surface area contributed by atoms with E-state index in [1.54, 1.807) is 22.2 Å². The van der Waals surface area contributed by atoms with Gasteiger partial charge in [0.25, 0.3) is 15.7 Å². The lowest BCUT2D eigenvalue weighted by Gasteiger charge is -2.06. The number of urea groups is 1. The van der Waals surface area contributed by atoms with Gasteiger partial charge in [-0.3, -0.25) is 10.1 Å². The highest BCUT2D eigenvalue weighted by molar-refractivity contribution is 7.90. The van der Waals surface area contributed by atoms with Crippen LogP contribution in [0.4, 0.5) is 16.2 Å². The molecule has 0 spiro atoms. The number of nitrogens with one attached hydrogen (secondary N) is 2. The van der Waals surface area contributed by atoms with E-state index < -0.39 is 21.0 Å². The number of non-ortho nitro benzene ring substituents is 1. The number of sulfonamides is 1. The van der Waals surface area contributed by atoms with E-state index in [9.17, 15) is 28.6 Å². The number of hydrogen-bond acceptors (Lipinski definition) is 9. The van der Waals surface area contributed by atoms with Gasteiger partial charge < -0.3 is 11.1 Å². The number of nitrogens with zero attached hydrogens (tertiary/aromatic N) is 3. The lowest BCUT2D eigenvalue weighted by molar-refractivity contribution is -0.384. The first-order valence-corrected chi connectivity index (χ1v) is 11.1. The smallest absolute Gasteiger partial charge is 0.326 e. The van der Waals surface area contributed by atoms with Crippen molar-refractivity contribution in [2.45, 2.75) is 4.90 Å². The molecule has 0 fully saturated rings. The Morgan fingerprint density at radius 2 is 1.84 bits per heavy atom. The van der Waals surface area contributed by atoms with Gasteiger partial charge in [-0.15, -0.1) is 11.3 Å². The number of allylic oxidation sites excluding steroid dienone is 1. The van der Waals surface area contributed by atoms with Gasteiger partial charge in [0.15, 0.2) is 0 Å². The minimum Gasteiger partial charge on any atom is -0.360 e. The summed E-state index contributed by atoms with van der Waals surface area (Å²) in [5.74, 6) is 0. The van der Waals surface area contributed by atoms with Gasteiger partial charge in [0.2, 0.25) is 0 Å². The van der Waals surface area contributed by atoms with Crippen molar-refractivity contribution in [3.8, 4) is 17.3 Å². The second kappa shape index (κ2) is 9.25. The zero-order valence-electron chi connectivity index (χ0n) is 16.1. The van der Waals surface area contributed by atoms with Crippen molar-refractivity contribution < 1.29 is 18.1 Å². The Morgan fingerprint density at radius 3 is 2.41 bits per heavy atom. The van der Waals surface area contributed by atoms with E-state index in [0.717, 1.165) is 0 Å². The van der Waals surface area contributed by atoms with Crippen LogP contribution in [0.3, 0.4) is 0 Å². The number of rotatable bonds is 7. The van der Waals surface area contributed by atoms with Gasteiger partial charge in [-0.05, 0) is 36.4 Å². The van der Waals surface area contributed by atoms with Gasteiger partial charge in [0, 0.05) is 35.0 Å². The van der Waals surface area contributed by atoms with Crippen molar-refractivity contribution in [3.05, 3.63) is 75.2 Å². The van der Waals surface area contributed by atoms with Crippen molar-refractivity contribution in [3.63, 3.8) is 0 Å². The molecule has 0 aliphatic heterocycles. The predicted octanol–water partition coefficient (Wildman–Crippen LogP) is 3.05. The van der Waals surface area contributed by atoms with Crippen LogP contribution in [-0.4, -0.2) is 24.4 Å². The molecular formula is C19H14N6O5S2. The maximum Gasteiger partial charge on any atom is 0.326 e. The van der Waals surface area contributed by atoms with Crippen LogP contribution >= 0.6 is 11.3 Å². The summed E-state index contributed by atoms with van der Waals surface area (Å²) in [6.45, 7) is 0. The number of thiazole rings is 1. The standard InChI is InChI=1S/C19H14N6O5S2/c20-9-13(10-22-14-3-7-16(8-4-14)32(29,30)24-19(21)26)18-23-17(11-31-18)12-1-5-15(6-2-12)25(27)28/h1-8,10-11,22H,(H3,21,24,26). The van der Waals surface area contributed by atoms with Gasteiger partial charge in [-0.2, -0.15) is 5.26 Å². The first kappa shape index (κ1) is 22.4. The van der Waals surface area contributed by atoms with Crippen molar-refractivity contribution in [2.75, 3.05) is 5.32 Å². The van der Waals surface area contributed by atoms with Gasteiger partial charge in [0.05, 0.1) is 15.5 Å². The fourth-order valence-corrected chi connectivity index (χ4v) is 4.17. The van der Waals surface area contributed by atoms with E-state index in [1.165, 1.54) is 53.9 Å². The van der Waals surface area contributed by atoms with Crippen LogP contribution < -0.4 is 15.8 Å². The van der Waals surface area contributed by atoms with Crippen LogP contribution in [0.25, 0.3) is 16.8 Å². The summed E-state index contributed by atoms with van der Waals surface area (Å²) in [6, 6.07) is 12.2. The quantitative estimate of drug-likeness (QED) is 0.267. The monoisotopic (exact) mass is 470 g/mol. The Labute approximate surface area is 186 Å². The van der Waals surface area contributed by atoms with E-state index in [2.05, 4.69) is 10.3 Å². The van der Waals surface area contributed by atoms with Crippen LogP contribution in [0.1, 0.15) is 5.01 Å². The maximum atomic E-state index is 11.9. The van der Waals surface area contributed by atoms with Crippen molar-refractivity contribution >= 4 is 44.3 Å². The number of aromatic nitrogens is 1. The lowest BCUT2D eigenvalue weighted by atomic mass is 10.1. The number of hydrogen-bond donors (Lipinski definition) is 3. The fourth-order valence-electron chi connectivity index (χ4n) is 2.50. The molecule has 2 amide bonds. The number of benzene rings is 2. The summed E-state index contributed by atoms with van der Waals surface area (Å²) in [5, 5.41) is 25.3. The summed E-state index contributed by atoms with van der Waals surface area (Å²) in [4.78, 5) is 25.3. The molecule has 0 radical (unpaired) electrons. The molecule has 0 atom stereocenters. The molecule has 13 heteroatoms. The molecule has 11 nitrogen and oxygen atoms in total. The zero-order chi connectivity index (χ0) is 23.3. The number of carbonyl (C=O) groups is 1. The zero-order valence-corrected chi connectivity index (χ0v) is 17.7. The number of anilines is 1. The van der Waals surface area contributed by atoms with E-state index in [0.29, 0.717) is 22.0 Å². The Kier molecular flexibility index (Phi) is 6.47. The largest absolute Gasteiger partial charge is 0.360 e. The minimum atomic E-state index is -4.05. The highest BCUT2D eigenvalue weighted by Crippen LogP contribution is 2.27. The third-order valence-electron chi connectivity index (χ3n) is 4.01. The molecule has 3 aromatic rings. The Hall–Kier alpha value is -4.28. The highest BCUT2D eigenvalue weighted by atomic mass is 32.2. The molecular weight excluding hydrogens is 456 g/mol. The number of carbonyl (C=O) groups excluding carboxylic acids is 1. The molecule has 32 heavy (non-hydrogen) atoms. The van der Waals surface area contributed by atoms with Crippen molar-refractivity contribution in [1.82, 2.24) is 9.71 Å². The first-order chi connectivity index (χ1) is 15.2. The minimum absolute atomic E-state index is 0.0322. The highest BCUT2D eigenvalue weighted by Gasteiger charge is 2.15. The molecule has 1 heterocycles. The Bertz CT molecular complexity index is 1340. The van der Waals surface area contributed by atoms with Gasteiger partial charge in [0.1, 0.15) is 16.6 Å². The summed E-state index contributed by atoms with van der Waals surface area (Å²) >= 11 is 1.23. The number of nitriles is 1. The normalized spacial score (nSPS) is 11.4. The number of primary amides is 1. The van der Waals surface area contributed by atoms with Gasteiger partial charge in [-0.1, -0.05) is 0 Å². The van der Waals surface area contributed by atoms with E-state index in [1.807, 2.05) is 6.07 Å². The average molecular weight is 470 g/mol. The maximum absolute atomic E-state index is 11.9. The van der Waals surface area contributed by atoms with Gasteiger partial charge >= 0.3 is 6.03 Å². The summed E-state index contributed by atoms with van der Waals surface area (Å²) in [7, 11) is -4.05. The van der Waals surface area contributed by atoms with E-state index in [-0.39, 0.29) is 16.2 Å². The number of nitro benzene ring substituents is 1. The Balaban J connectivity index is 1.75. The Morgan fingerprint density at radius 1 is 1.19 bits per heavy atom. The molecule has 0 unspecified atom stereocenters. The van der Waals surface area contributed by atoms with Crippen LogP contribution in [-0.2, 0) is 10.0 Å². The molecule has 1 aromatic heterocycles. The molecule has 0 bridgehead atoms. The second-order valence-electron chi connectivity index (χ2n) is 6.15. The summed E-state index contributed by atoms with van der Waals surface area (Å²) in [6.07, 6.45) is 1.42. The van der Waals surface area contributed by atoms with Crippen molar-refractivity contribution in [2.24, 2.45) is 5.73 Å². The summed E-state index contributed by atoms with van der Waals surface area (Å²) in [5.41, 5.74) is 6.77. The number of amides is 2. The molecule has 0 aliphatic rings. The average Bonchev–Trinajstić information content (AvgIpc) is 3.24. The molecule has 4 N–H and O–H groups in total. The summed E-state index contributed by atoms with van der Waals surface area (Å²) < 4.78 is 25.4. The molecule has 2 aromatic carbocycles. The molecule has 0 aliphatic carbocycles. The van der Waals surface area contributed by atoms with E-state index >= 15 is 0 Å². The lowest BCUT2D eigenvalue weighted by Crippen LogP contribution is -2.34.